The number of oxazole rings is 1. The van der Waals surface area contributed by atoms with Crippen molar-refractivity contribution in [2.75, 3.05) is 18.4 Å². The third-order valence-electron chi connectivity index (χ3n) is 3.70. The van der Waals surface area contributed by atoms with E-state index < -0.39 is 0 Å². The molecule has 0 bridgehead atoms. The van der Waals surface area contributed by atoms with E-state index in [2.05, 4.69) is 10.3 Å². The number of nitrogens with zero attached hydrogens (tertiary/aromatic N) is 2. The molecule has 3 rings (SSSR count). The topological polar surface area (TPSA) is 58.4 Å². The molecule has 1 N–H and O–H groups in total. The van der Waals surface area contributed by atoms with E-state index in [4.69, 9.17) is 16.0 Å². The fourth-order valence-corrected chi connectivity index (χ4v) is 2.76. The molecule has 5 nitrogen and oxygen atoms in total. The smallest absolute Gasteiger partial charge is 0.256 e. The summed E-state index contributed by atoms with van der Waals surface area (Å²) in [4.78, 5) is 18.6. The number of carbonyl (C=O) groups is 1. The average molecular weight is 320 g/mol. The highest BCUT2D eigenvalue weighted by Crippen LogP contribution is 2.24. The lowest BCUT2D eigenvalue weighted by molar-refractivity contribution is 0.0793. The number of likely N-dealkylation sites (tertiary alicyclic amines) is 1. The van der Waals surface area contributed by atoms with Gasteiger partial charge in [0.1, 0.15) is 5.76 Å². The maximum absolute atomic E-state index is 12.6. The average Bonchev–Trinajstić information content (AvgIpc) is 3.16. The molecule has 1 aliphatic heterocycles. The Morgan fingerprint density at radius 2 is 2.18 bits per heavy atom. The summed E-state index contributed by atoms with van der Waals surface area (Å²) >= 11 is 6.06. The van der Waals surface area contributed by atoms with Gasteiger partial charge in [0.25, 0.3) is 5.91 Å². The lowest BCUT2D eigenvalue weighted by Gasteiger charge is -2.18. The molecule has 116 valence electrons. The molecule has 1 aliphatic rings. The first kappa shape index (κ1) is 14.9. The van der Waals surface area contributed by atoms with Crippen LogP contribution in [0.3, 0.4) is 0 Å². The van der Waals surface area contributed by atoms with Gasteiger partial charge >= 0.3 is 0 Å². The zero-order valence-corrected chi connectivity index (χ0v) is 13.2. The van der Waals surface area contributed by atoms with Crippen LogP contribution in [0.15, 0.2) is 28.8 Å². The Hall–Kier alpha value is -2.01. The molecule has 0 saturated carbocycles. The molecule has 1 saturated heterocycles. The summed E-state index contributed by atoms with van der Waals surface area (Å²) in [6.45, 7) is 3.89. The van der Waals surface area contributed by atoms with Crippen LogP contribution in [0.4, 0.5) is 5.69 Å². The number of amides is 1. The van der Waals surface area contributed by atoms with Gasteiger partial charge in [-0.15, -0.1) is 0 Å². The van der Waals surface area contributed by atoms with Crippen molar-refractivity contribution in [3.63, 3.8) is 0 Å². The molecular formula is C16H18ClN3O2. The van der Waals surface area contributed by atoms with Gasteiger partial charge in [-0.3, -0.25) is 4.79 Å². The third-order valence-corrected chi connectivity index (χ3v) is 3.94. The van der Waals surface area contributed by atoms with Crippen molar-refractivity contribution < 1.29 is 9.21 Å². The summed E-state index contributed by atoms with van der Waals surface area (Å²) in [7, 11) is 0. The summed E-state index contributed by atoms with van der Waals surface area (Å²) in [6.07, 6.45) is 3.80. The molecule has 1 amide bonds. The van der Waals surface area contributed by atoms with Crippen molar-refractivity contribution in [3.05, 3.63) is 46.6 Å². The van der Waals surface area contributed by atoms with Crippen LogP contribution in [-0.2, 0) is 6.54 Å². The highest BCUT2D eigenvalue weighted by molar-refractivity contribution is 6.31. The molecule has 0 unspecified atom stereocenters. The van der Waals surface area contributed by atoms with Crippen molar-refractivity contribution in [2.24, 2.45) is 0 Å². The third kappa shape index (κ3) is 3.25. The van der Waals surface area contributed by atoms with E-state index in [1.165, 1.54) is 0 Å². The first-order valence-corrected chi connectivity index (χ1v) is 7.75. The van der Waals surface area contributed by atoms with E-state index >= 15 is 0 Å². The SMILES string of the molecule is Cc1cnc(CNc2ccc(Cl)cc2C(=O)N2CCCC2)o1. The maximum Gasteiger partial charge on any atom is 0.256 e. The van der Waals surface area contributed by atoms with Crippen LogP contribution < -0.4 is 5.32 Å². The first-order valence-electron chi connectivity index (χ1n) is 7.37. The fraction of sp³-hybridized carbons (Fsp3) is 0.375. The Morgan fingerprint density at radius 1 is 1.41 bits per heavy atom. The number of benzene rings is 1. The van der Waals surface area contributed by atoms with Crippen molar-refractivity contribution in [3.8, 4) is 0 Å². The first-order chi connectivity index (χ1) is 10.6. The number of hydrogen-bond acceptors (Lipinski definition) is 4. The van der Waals surface area contributed by atoms with E-state index in [-0.39, 0.29) is 5.91 Å². The summed E-state index contributed by atoms with van der Waals surface area (Å²) in [6, 6.07) is 5.30. The highest BCUT2D eigenvalue weighted by Gasteiger charge is 2.22. The fourth-order valence-electron chi connectivity index (χ4n) is 2.59. The molecule has 2 aromatic rings. The zero-order chi connectivity index (χ0) is 15.5. The predicted molar refractivity (Wildman–Crippen MR) is 85.2 cm³/mol. The minimum atomic E-state index is 0.0195. The molecular weight excluding hydrogens is 302 g/mol. The van der Waals surface area contributed by atoms with Crippen molar-refractivity contribution in [2.45, 2.75) is 26.3 Å². The van der Waals surface area contributed by atoms with E-state index in [0.29, 0.717) is 23.0 Å². The Morgan fingerprint density at radius 3 is 2.86 bits per heavy atom. The van der Waals surface area contributed by atoms with Gasteiger partial charge in [-0.05, 0) is 38.0 Å². The molecule has 22 heavy (non-hydrogen) atoms. The van der Waals surface area contributed by atoms with Crippen molar-refractivity contribution in [1.29, 1.82) is 0 Å². The minimum Gasteiger partial charge on any atom is -0.444 e. The molecule has 0 aliphatic carbocycles. The van der Waals surface area contributed by atoms with Crippen molar-refractivity contribution in [1.82, 2.24) is 9.88 Å². The van der Waals surface area contributed by atoms with E-state index in [9.17, 15) is 4.79 Å². The molecule has 0 radical (unpaired) electrons. The summed E-state index contributed by atoms with van der Waals surface area (Å²) in [5.74, 6) is 1.37. The Balaban J connectivity index is 1.79. The second-order valence-electron chi connectivity index (χ2n) is 5.41. The van der Waals surface area contributed by atoms with Gasteiger partial charge in [-0.2, -0.15) is 0 Å². The van der Waals surface area contributed by atoms with Gasteiger partial charge in [-0.1, -0.05) is 11.6 Å². The zero-order valence-electron chi connectivity index (χ0n) is 12.4. The molecule has 0 atom stereocenters. The van der Waals surface area contributed by atoms with Crippen LogP contribution in [0.2, 0.25) is 5.02 Å². The van der Waals surface area contributed by atoms with Crippen LogP contribution in [0, 0.1) is 6.92 Å². The molecule has 1 aromatic heterocycles. The number of hydrogen-bond donors (Lipinski definition) is 1. The molecule has 1 aromatic carbocycles. The van der Waals surface area contributed by atoms with Gasteiger partial charge in [-0.25, -0.2) is 4.98 Å². The van der Waals surface area contributed by atoms with Gasteiger partial charge in [0.2, 0.25) is 5.89 Å². The van der Waals surface area contributed by atoms with Crippen LogP contribution in [-0.4, -0.2) is 28.9 Å². The number of rotatable bonds is 4. The normalized spacial score (nSPS) is 14.4. The Bertz CT molecular complexity index is 678. The molecule has 6 heteroatoms. The van der Waals surface area contributed by atoms with Gasteiger partial charge < -0.3 is 14.6 Å². The molecule has 0 spiro atoms. The molecule has 1 fully saturated rings. The number of halogens is 1. The lowest BCUT2D eigenvalue weighted by Crippen LogP contribution is -2.28. The summed E-state index contributed by atoms with van der Waals surface area (Å²) in [5.41, 5.74) is 1.34. The second-order valence-corrected chi connectivity index (χ2v) is 5.84. The molecule has 2 heterocycles. The largest absolute Gasteiger partial charge is 0.444 e. The highest BCUT2D eigenvalue weighted by atomic mass is 35.5. The van der Waals surface area contributed by atoms with E-state index in [1.807, 2.05) is 17.9 Å². The number of nitrogens with one attached hydrogen (secondary N) is 1. The van der Waals surface area contributed by atoms with Gasteiger partial charge in [0, 0.05) is 23.8 Å². The number of carbonyl (C=O) groups excluding carboxylic acids is 1. The maximum atomic E-state index is 12.6. The second kappa shape index (κ2) is 6.40. The van der Waals surface area contributed by atoms with Gasteiger partial charge in [0.15, 0.2) is 0 Å². The summed E-state index contributed by atoms with van der Waals surface area (Å²) in [5, 5.41) is 3.77. The van der Waals surface area contributed by atoms with Gasteiger partial charge in [0.05, 0.1) is 18.3 Å². The number of aromatic nitrogens is 1. The van der Waals surface area contributed by atoms with Crippen LogP contribution >= 0.6 is 11.6 Å². The number of anilines is 1. The Labute approximate surface area is 134 Å². The standard InChI is InChI=1S/C16H18ClN3O2/c1-11-9-19-15(22-11)10-18-14-5-4-12(17)8-13(14)16(21)20-6-2-3-7-20/h4-5,8-9,18H,2-3,6-7,10H2,1H3. The van der Waals surface area contributed by atoms with E-state index in [0.717, 1.165) is 37.4 Å². The van der Waals surface area contributed by atoms with Crippen molar-refractivity contribution >= 4 is 23.2 Å². The number of aryl methyl sites for hydroxylation is 1. The minimum absolute atomic E-state index is 0.0195. The quantitative estimate of drug-likeness (QED) is 0.937. The Kier molecular flexibility index (Phi) is 4.34. The predicted octanol–water partition coefficient (Wildman–Crippen LogP) is 3.48. The summed E-state index contributed by atoms with van der Waals surface area (Å²) < 4.78 is 5.43. The van der Waals surface area contributed by atoms with Crippen LogP contribution in [0.1, 0.15) is 34.9 Å². The van der Waals surface area contributed by atoms with Crippen LogP contribution in [0.25, 0.3) is 0 Å². The van der Waals surface area contributed by atoms with E-state index in [1.54, 1.807) is 18.3 Å². The lowest BCUT2D eigenvalue weighted by atomic mass is 10.1. The monoisotopic (exact) mass is 319 g/mol. The van der Waals surface area contributed by atoms with Crippen LogP contribution in [0.5, 0.6) is 0 Å².